The fraction of sp³-hybridized carbons (Fsp3) is 0.615. The smallest absolute Gasteiger partial charge is 0.217 e. The van der Waals surface area contributed by atoms with E-state index in [1.165, 1.54) is 0 Å². The van der Waals surface area contributed by atoms with Crippen LogP contribution in [0.25, 0.3) is 0 Å². The van der Waals surface area contributed by atoms with Gasteiger partial charge in [-0.3, -0.25) is 4.79 Å². The highest BCUT2D eigenvalue weighted by atomic mass is 16.1. The minimum absolute atomic E-state index is 0.0289. The molecule has 6 nitrogen and oxygen atoms in total. The maximum Gasteiger partial charge on any atom is 0.217 e. The average molecular weight is 263 g/mol. The first kappa shape index (κ1) is 13.6. The van der Waals surface area contributed by atoms with E-state index in [0.29, 0.717) is 0 Å². The Morgan fingerprint density at radius 3 is 2.95 bits per heavy atom. The number of aromatic nitrogens is 2. The van der Waals surface area contributed by atoms with Crippen molar-refractivity contribution in [1.29, 1.82) is 0 Å². The average Bonchev–Trinajstić information content (AvgIpc) is 2.85. The van der Waals surface area contributed by atoms with Crippen molar-refractivity contribution in [1.82, 2.24) is 15.3 Å². The van der Waals surface area contributed by atoms with E-state index in [2.05, 4.69) is 32.4 Å². The van der Waals surface area contributed by atoms with Crippen LogP contribution >= 0.6 is 0 Å². The summed E-state index contributed by atoms with van der Waals surface area (Å²) in [6.07, 6.45) is 3.43. The Labute approximate surface area is 113 Å². The predicted octanol–water partition coefficient (Wildman–Crippen LogP) is 0.795. The van der Waals surface area contributed by atoms with Gasteiger partial charge in [0.2, 0.25) is 5.91 Å². The van der Waals surface area contributed by atoms with Crippen LogP contribution in [-0.2, 0) is 11.2 Å². The lowest BCUT2D eigenvalue weighted by Gasteiger charge is -2.21. The van der Waals surface area contributed by atoms with Crippen molar-refractivity contribution in [3.8, 4) is 0 Å². The van der Waals surface area contributed by atoms with Gasteiger partial charge in [-0.25, -0.2) is 9.97 Å². The van der Waals surface area contributed by atoms with Crippen molar-refractivity contribution in [2.45, 2.75) is 32.7 Å². The molecule has 1 aliphatic heterocycles. The zero-order chi connectivity index (χ0) is 13.8. The second kappa shape index (κ2) is 5.86. The molecule has 1 aromatic rings. The molecule has 1 atom stereocenters. The van der Waals surface area contributed by atoms with Crippen LogP contribution in [-0.4, -0.2) is 42.1 Å². The summed E-state index contributed by atoms with van der Waals surface area (Å²) in [6.45, 7) is 5.39. The van der Waals surface area contributed by atoms with Crippen molar-refractivity contribution < 1.29 is 4.79 Å². The number of hydrogen-bond acceptors (Lipinski definition) is 5. The lowest BCUT2D eigenvalue weighted by atomic mass is 10.2. The van der Waals surface area contributed by atoms with Gasteiger partial charge in [0, 0.05) is 38.7 Å². The Bertz CT molecular complexity index is 462. The highest BCUT2D eigenvalue weighted by Gasteiger charge is 2.26. The minimum Gasteiger partial charge on any atom is -0.373 e. The summed E-state index contributed by atoms with van der Waals surface area (Å²) in [5, 5.41) is 6.07. The molecule has 1 aromatic heterocycles. The summed E-state index contributed by atoms with van der Waals surface area (Å²) in [6, 6.07) is 0.218. The van der Waals surface area contributed by atoms with E-state index >= 15 is 0 Å². The fourth-order valence-corrected chi connectivity index (χ4v) is 2.57. The van der Waals surface area contributed by atoms with Gasteiger partial charge >= 0.3 is 0 Å². The van der Waals surface area contributed by atoms with Crippen molar-refractivity contribution in [2.24, 2.45) is 0 Å². The van der Waals surface area contributed by atoms with Crippen LogP contribution < -0.4 is 15.5 Å². The van der Waals surface area contributed by atoms with Gasteiger partial charge in [-0.1, -0.05) is 6.92 Å². The molecule has 0 bridgehead atoms. The molecule has 2 heterocycles. The third-order valence-corrected chi connectivity index (χ3v) is 3.41. The zero-order valence-corrected chi connectivity index (χ0v) is 11.7. The number of amides is 1. The van der Waals surface area contributed by atoms with Crippen LogP contribution in [0.3, 0.4) is 0 Å². The van der Waals surface area contributed by atoms with Gasteiger partial charge in [0.15, 0.2) is 0 Å². The lowest BCUT2D eigenvalue weighted by molar-refractivity contribution is -0.119. The second-order valence-corrected chi connectivity index (χ2v) is 4.76. The number of carbonyl (C=O) groups excluding carboxylic acids is 1. The van der Waals surface area contributed by atoms with Gasteiger partial charge in [-0.15, -0.1) is 0 Å². The van der Waals surface area contributed by atoms with Gasteiger partial charge in [0.05, 0.1) is 0 Å². The van der Waals surface area contributed by atoms with Crippen LogP contribution in [0, 0.1) is 0 Å². The summed E-state index contributed by atoms with van der Waals surface area (Å²) in [5.74, 6) is 1.89. The molecule has 1 fully saturated rings. The molecule has 1 aliphatic rings. The summed E-state index contributed by atoms with van der Waals surface area (Å²) in [5.41, 5.74) is 1.13. The van der Waals surface area contributed by atoms with E-state index in [1.54, 1.807) is 13.3 Å². The van der Waals surface area contributed by atoms with Crippen LogP contribution in [0.1, 0.15) is 25.8 Å². The molecule has 2 N–H and O–H groups in total. The normalized spacial score (nSPS) is 18.5. The first-order chi connectivity index (χ1) is 9.15. The molecule has 19 heavy (non-hydrogen) atoms. The standard InChI is InChI=1S/C13H21N5O/c1-4-11-12(14-3)15-8-16-13(11)18-6-5-10(7-18)17-9(2)19/h8,10H,4-7H2,1-3H3,(H,17,19)(H,14,15,16). The van der Waals surface area contributed by atoms with Crippen molar-refractivity contribution in [3.63, 3.8) is 0 Å². The van der Waals surface area contributed by atoms with Crippen LogP contribution in [0.5, 0.6) is 0 Å². The van der Waals surface area contributed by atoms with Gasteiger partial charge in [0.1, 0.15) is 18.0 Å². The highest BCUT2D eigenvalue weighted by molar-refractivity contribution is 5.73. The lowest BCUT2D eigenvalue weighted by Crippen LogP contribution is -2.36. The van der Waals surface area contributed by atoms with E-state index in [0.717, 1.165) is 43.1 Å². The van der Waals surface area contributed by atoms with Crippen molar-refractivity contribution in [2.75, 3.05) is 30.4 Å². The monoisotopic (exact) mass is 263 g/mol. The fourth-order valence-electron chi connectivity index (χ4n) is 2.57. The van der Waals surface area contributed by atoms with E-state index in [-0.39, 0.29) is 11.9 Å². The predicted molar refractivity (Wildman–Crippen MR) is 75.4 cm³/mol. The maximum absolute atomic E-state index is 11.1. The van der Waals surface area contributed by atoms with Gasteiger partial charge in [-0.05, 0) is 12.8 Å². The Morgan fingerprint density at radius 2 is 2.32 bits per heavy atom. The van der Waals surface area contributed by atoms with E-state index in [4.69, 9.17) is 0 Å². The van der Waals surface area contributed by atoms with E-state index in [9.17, 15) is 4.79 Å². The van der Waals surface area contributed by atoms with Gasteiger partial charge < -0.3 is 15.5 Å². The summed E-state index contributed by atoms with van der Waals surface area (Å²) >= 11 is 0. The molecule has 0 saturated carbocycles. The second-order valence-electron chi connectivity index (χ2n) is 4.76. The molecule has 1 saturated heterocycles. The number of carbonyl (C=O) groups is 1. The molecule has 2 rings (SSSR count). The van der Waals surface area contributed by atoms with Crippen LogP contribution in [0.4, 0.5) is 11.6 Å². The molecule has 0 radical (unpaired) electrons. The summed E-state index contributed by atoms with van der Waals surface area (Å²) in [4.78, 5) is 22.0. The number of hydrogen-bond donors (Lipinski definition) is 2. The topological polar surface area (TPSA) is 70.2 Å². The summed E-state index contributed by atoms with van der Waals surface area (Å²) in [7, 11) is 1.87. The molecule has 0 aromatic carbocycles. The third kappa shape index (κ3) is 2.94. The molecule has 104 valence electrons. The number of nitrogens with one attached hydrogen (secondary N) is 2. The molecular weight excluding hydrogens is 242 g/mol. The minimum atomic E-state index is 0.0289. The zero-order valence-electron chi connectivity index (χ0n) is 11.7. The Kier molecular flexibility index (Phi) is 4.19. The molecule has 1 unspecified atom stereocenters. The van der Waals surface area contributed by atoms with Crippen LogP contribution in [0.2, 0.25) is 0 Å². The van der Waals surface area contributed by atoms with Crippen LogP contribution in [0.15, 0.2) is 6.33 Å². The van der Waals surface area contributed by atoms with Gasteiger partial charge in [0.25, 0.3) is 0 Å². The Hall–Kier alpha value is -1.85. The SMILES string of the molecule is CCc1c(NC)ncnc1N1CCC(NC(C)=O)C1. The Balaban J connectivity index is 2.17. The first-order valence-corrected chi connectivity index (χ1v) is 6.69. The van der Waals surface area contributed by atoms with E-state index < -0.39 is 0 Å². The largest absolute Gasteiger partial charge is 0.373 e. The van der Waals surface area contributed by atoms with Crippen molar-refractivity contribution >= 4 is 17.5 Å². The first-order valence-electron chi connectivity index (χ1n) is 6.69. The van der Waals surface area contributed by atoms with Gasteiger partial charge in [-0.2, -0.15) is 0 Å². The quantitative estimate of drug-likeness (QED) is 0.840. The molecule has 1 amide bonds. The Morgan fingerprint density at radius 1 is 1.53 bits per heavy atom. The van der Waals surface area contributed by atoms with E-state index in [1.807, 2.05) is 7.05 Å². The van der Waals surface area contributed by atoms with Crippen molar-refractivity contribution in [3.05, 3.63) is 11.9 Å². The number of anilines is 2. The highest BCUT2D eigenvalue weighted by Crippen LogP contribution is 2.26. The molecule has 0 aliphatic carbocycles. The maximum atomic E-state index is 11.1. The number of rotatable bonds is 4. The summed E-state index contributed by atoms with van der Waals surface area (Å²) < 4.78 is 0. The third-order valence-electron chi connectivity index (χ3n) is 3.41. The molecule has 6 heteroatoms. The molecular formula is C13H21N5O. The number of nitrogens with zero attached hydrogens (tertiary/aromatic N) is 3. The molecule has 0 spiro atoms.